The summed E-state index contributed by atoms with van der Waals surface area (Å²) in [5, 5.41) is 0. The zero-order valence-electron chi connectivity index (χ0n) is 13.4. The van der Waals surface area contributed by atoms with Crippen LogP contribution in [-0.2, 0) is 0 Å². The Morgan fingerprint density at radius 2 is 0.900 bits per heavy atom. The maximum atomic E-state index is 10.0. The molecule has 0 aliphatic heterocycles. The van der Waals surface area contributed by atoms with Gasteiger partial charge < -0.3 is 0 Å². The molecular formula is C19H24O. The summed E-state index contributed by atoms with van der Waals surface area (Å²) in [7, 11) is 0. The van der Waals surface area contributed by atoms with E-state index in [1.54, 1.807) is 12.1 Å². The molecule has 0 aromatic heterocycles. The Labute approximate surface area is 122 Å². The zero-order valence-corrected chi connectivity index (χ0v) is 13.4. The van der Waals surface area contributed by atoms with E-state index in [0.29, 0.717) is 0 Å². The minimum atomic E-state index is 0.729. The van der Waals surface area contributed by atoms with Gasteiger partial charge in [0.15, 0.2) is 0 Å². The van der Waals surface area contributed by atoms with Gasteiger partial charge in [-0.2, -0.15) is 0 Å². The minimum Gasteiger partial charge on any atom is -0.298 e. The number of carbonyl (C=O) groups excluding carboxylic acids is 1. The summed E-state index contributed by atoms with van der Waals surface area (Å²) in [5.41, 5.74) is 9.45. The molecule has 0 saturated heterocycles. The summed E-state index contributed by atoms with van der Waals surface area (Å²) in [6.07, 6.45) is 0.833. The number of hydrogen-bond acceptors (Lipinski definition) is 1. The highest BCUT2D eigenvalue weighted by Crippen LogP contribution is 2.24. The minimum absolute atomic E-state index is 0.729. The fourth-order valence-electron chi connectivity index (χ4n) is 2.22. The first-order valence-electron chi connectivity index (χ1n) is 6.94. The highest BCUT2D eigenvalue weighted by atomic mass is 16.1. The molecule has 20 heavy (non-hydrogen) atoms. The van der Waals surface area contributed by atoms with Gasteiger partial charge in [0, 0.05) is 5.56 Å². The zero-order chi connectivity index (χ0) is 15.3. The van der Waals surface area contributed by atoms with Crippen molar-refractivity contribution in [2.24, 2.45) is 0 Å². The Bertz CT molecular complexity index is 490. The topological polar surface area (TPSA) is 17.1 Å². The van der Waals surface area contributed by atoms with E-state index in [1.807, 2.05) is 18.2 Å². The van der Waals surface area contributed by atoms with Gasteiger partial charge in [-0.15, -0.1) is 0 Å². The number of rotatable bonds is 1. The molecular weight excluding hydrogens is 244 g/mol. The molecule has 0 spiro atoms. The predicted molar refractivity (Wildman–Crippen MR) is 86.7 cm³/mol. The normalized spacial score (nSPS) is 9.70. The number of benzene rings is 2. The van der Waals surface area contributed by atoms with Crippen LogP contribution in [-0.4, -0.2) is 6.29 Å². The molecule has 0 unspecified atom stereocenters. The third-order valence-electron chi connectivity index (χ3n) is 4.31. The van der Waals surface area contributed by atoms with E-state index in [-0.39, 0.29) is 0 Å². The molecule has 0 aliphatic carbocycles. The molecule has 106 valence electrons. The van der Waals surface area contributed by atoms with Crippen molar-refractivity contribution in [2.45, 2.75) is 41.5 Å². The van der Waals surface area contributed by atoms with Gasteiger partial charge in [0.05, 0.1) is 0 Å². The molecule has 0 atom stereocenters. The van der Waals surface area contributed by atoms with Crippen molar-refractivity contribution in [1.82, 2.24) is 0 Å². The highest BCUT2D eigenvalue weighted by Gasteiger charge is 2.07. The lowest BCUT2D eigenvalue weighted by atomic mass is 9.90. The Kier molecular flexibility index (Phi) is 5.69. The molecule has 0 radical (unpaired) electrons. The largest absolute Gasteiger partial charge is 0.298 e. The lowest BCUT2D eigenvalue weighted by Gasteiger charge is -2.15. The van der Waals surface area contributed by atoms with Crippen molar-refractivity contribution in [3.63, 3.8) is 0 Å². The molecule has 2 aromatic rings. The summed E-state index contributed by atoms with van der Waals surface area (Å²) in [6, 6.07) is 9.10. The van der Waals surface area contributed by atoms with Crippen LogP contribution in [0.1, 0.15) is 43.7 Å². The smallest absolute Gasteiger partial charge is 0.150 e. The van der Waals surface area contributed by atoms with E-state index in [9.17, 15) is 4.79 Å². The van der Waals surface area contributed by atoms with Crippen LogP contribution >= 0.6 is 0 Å². The van der Waals surface area contributed by atoms with Crippen LogP contribution in [0.25, 0.3) is 0 Å². The van der Waals surface area contributed by atoms with Gasteiger partial charge in [-0.05, 0) is 74.9 Å². The quantitative estimate of drug-likeness (QED) is 0.662. The second kappa shape index (κ2) is 7.04. The third-order valence-corrected chi connectivity index (χ3v) is 4.31. The fourth-order valence-corrected chi connectivity index (χ4v) is 2.22. The van der Waals surface area contributed by atoms with Gasteiger partial charge in [0.25, 0.3) is 0 Å². The summed E-state index contributed by atoms with van der Waals surface area (Å²) >= 11 is 0. The SMILES string of the molecule is Cc1c(C)c(C)c(C)c(C)c1C.O=Cc1ccccc1. The standard InChI is InChI=1S/C12H18.C7H6O/c1-7-8(2)10(4)12(6)11(5)9(7)3;8-6-7-4-2-1-3-5-7/h1-6H3;1-6H. The van der Waals surface area contributed by atoms with Gasteiger partial charge in [-0.3, -0.25) is 4.79 Å². The van der Waals surface area contributed by atoms with Gasteiger partial charge in [0.1, 0.15) is 6.29 Å². The molecule has 0 saturated carbocycles. The van der Waals surface area contributed by atoms with Crippen LogP contribution in [0.15, 0.2) is 30.3 Å². The molecule has 0 heterocycles. The second-order valence-electron chi connectivity index (χ2n) is 5.28. The van der Waals surface area contributed by atoms with Crippen LogP contribution in [0, 0.1) is 41.5 Å². The van der Waals surface area contributed by atoms with E-state index in [1.165, 1.54) is 33.4 Å². The lowest BCUT2D eigenvalue weighted by Crippen LogP contribution is -1.98. The molecule has 0 amide bonds. The fraction of sp³-hybridized carbons (Fsp3) is 0.316. The van der Waals surface area contributed by atoms with Crippen LogP contribution in [0.3, 0.4) is 0 Å². The number of carbonyl (C=O) groups is 1. The van der Waals surface area contributed by atoms with Crippen molar-refractivity contribution >= 4 is 6.29 Å². The monoisotopic (exact) mass is 268 g/mol. The Morgan fingerprint density at radius 1 is 0.600 bits per heavy atom. The van der Waals surface area contributed by atoms with E-state index >= 15 is 0 Å². The van der Waals surface area contributed by atoms with Crippen molar-refractivity contribution in [1.29, 1.82) is 0 Å². The van der Waals surface area contributed by atoms with Crippen LogP contribution in [0.4, 0.5) is 0 Å². The maximum Gasteiger partial charge on any atom is 0.150 e. The lowest BCUT2D eigenvalue weighted by molar-refractivity contribution is 0.112. The Balaban J connectivity index is 0.000000217. The number of aldehydes is 1. The Morgan fingerprint density at radius 3 is 1.10 bits per heavy atom. The average molecular weight is 268 g/mol. The molecule has 2 rings (SSSR count). The van der Waals surface area contributed by atoms with Gasteiger partial charge >= 0.3 is 0 Å². The molecule has 1 nitrogen and oxygen atoms in total. The molecule has 0 bridgehead atoms. The first-order valence-corrected chi connectivity index (χ1v) is 6.94. The molecule has 1 heteroatoms. The van der Waals surface area contributed by atoms with Crippen molar-refractivity contribution in [2.75, 3.05) is 0 Å². The van der Waals surface area contributed by atoms with E-state index < -0.39 is 0 Å². The van der Waals surface area contributed by atoms with Crippen LogP contribution in [0.2, 0.25) is 0 Å². The Hall–Kier alpha value is -1.89. The summed E-state index contributed by atoms with van der Waals surface area (Å²) in [6.45, 7) is 13.3. The maximum absolute atomic E-state index is 10.0. The van der Waals surface area contributed by atoms with Gasteiger partial charge in [-0.25, -0.2) is 0 Å². The third kappa shape index (κ3) is 3.57. The molecule has 0 N–H and O–H groups in total. The average Bonchev–Trinajstić information content (AvgIpc) is 2.50. The van der Waals surface area contributed by atoms with Crippen LogP contribution in [0.5, 0.6) is 0 Å². The molecule has 0 fully saturated rings. The van der Waals surface area contributed by atoms with Gasteiger partial charge in [-0.1, -0.05) is 30.3 Å². The van der Waals surface area contributed by atoms with Gasteiger partial charge in [0.2, 0.25) is 0 Å². The first-order chi connectivity index (χ1) is 9.40. The predicted octanol–water partition coefficient (Wildman–Crippen LogP) is 5.04. The summed E-state index contributed by atoms with van der Waals surface area (Å²) in [4.78, 5) is 10.0. The van der Waals surface area contributed by atoms with E-state index in [2.05, 4.69) is 41.5 Å². The molecule has 2 aromatic carbocycles. The van der Waals surface area contributed by atoms with Crippen molar-refractivity contribution in [3.8, 4) is 0 Å². The highest BCUT2D eigenvalue weighted by molar-refractivity contribution is 5.74. The van der Waals surface area contributed by atoms with Crippen LogP contribution < -0.4 is 0 Å². The van der Waals surface area contributed by atoms with E-state index in [0.717, 1.165) is 11.8 Å². The molecule has 0 aliphatic rings. The first kappa shape index (κ1) is 16.2. The summed E-state index contributed by atoms with van der Waals surface area (Å²) < 4.78 is 0. The number of hydrogen-bond donors (Lipinski definition) is 0. The van der Waals surface area contributed by atoms with Crippen molar-refractivity contribution in [3.05, 3.63) is 69.3 Å². The van der Waals surface area contributed by atoms with Crippen molar-refractivity contribution < 1.29 is 4.79 Å². The second-order valence-corrected chi connectivity index (χ2v) is 5.28. The summed E-state index contributed by atoms with van der Waals surface area (Å²) in [5.74, 6) is 0. The van der Waals surface area contributed by atoms with E-state index in [4.69, 9.17) is 0 Å².